The van der Waals surface area contributed by atoms with Crippen LogP contribution in [0.15, 0.2) is 23.1 Å². The van der Waals surface area contributed by atoms with Crippen molar-refractivity contribution in [2.45, 2.75) is 24.8 Å². The average molecular weight is 317 g/mol. The van der Waals surface area contributed by atoms with Gasteiger partial charge >= 0.3 is 0 Å². The Morgan fingerprint density at radius 3 is 2.75 bits per heavy atom. The van der Waals surface area contributed by atoms with Crippen molar-refractivity contribution in [1.29, 1.82) is 0 Å². The standard InChI is InChI=1S/C15H24N2OS.ClH/c1-15(10-16)6-7-17(11-15)9-12-4-5-14(19-3)13(8-12)18-2;/h4-5,8H,6-7,9-11,16H2,1-3H3;1H. The molecule has 1 unspecified atom stereocenters. The van der Waals surface area contributed by atoms with Gasteiger partial charge in [-0.15, -0.1) is 24.2 Å². The van der Waals surface area contributed by atoms with E-state index in [0.29, 0.717) is 5.41 Å². The number of hydrogen-bond acceptors (Lipinski definition) is 4. The number of ether oxygens (including phenoxy) is 1. The number of likely N-dealkylation sites (tertiary alicyclic amines) is 1. The second-order valence-electron chi connectivity index (χ2n) is 5.66. The fourth-order valence-electron chi connectivity index (χ4n) is 2.66. The number of halogens is 1. The van der Waals surface area contributed by atoms with Crippen LogP contribution in [0.3, 0.4) is 0 Å². The van der Waals surface area contributed by atoms with Crippen molar-refractivity contribution in [3.63, 3.8) is 0 Å². The molecule has 1 fully saturated rings. The molecule has 5 heteroatoms. The zero-order valence-electron chi connectivity index (χ0n) is 12.5. The summed E-state index contributed by atoms with van der Waals surface area (Å²) in [6, 6.07) is 6.51. The zero-order chi connectivity index (χ0) is 13.9. The first kappa shape index (κ1) is 17.6. The molecular weight excluding hydrogens is 292 g/mol. The van der Waals surface area contributed by atoms with Gasteiger partial charge in [-0.1, -0.05) is 13.0 Å². The second kappa shape index (κ2) is 7.55. The maximum Gasteiger partial charge on any atom is 0.132 e. The second-order valence-corrected chi connectivity index (χ2v) is 6.51. The summed E-state index contributed by atoms with van der Waals surface area (Å²) in [5, 5.41) is 0. The van der Waals surface area contributed by atoms with Gasteiger partial charge in [-0.25, -0.2) is 0 Å². The number of nitrogens with two attached hydrogens (primary N) is 1. The molecule has 0 aliphatic carbocycles. The van der Waals surface area contributed by atoms with E-state index in [-0.39, 0.29) is 12.4 Å². The first-order valence-corrected chi connectivity index (χ1v) is 7.96. The summed E-state index contributed by atoms with van der Waals surface area (Å²) in [6.07, 6.45) is 3.27. The Balaban J connectivity index is 0.00000200. The lowest BCUT2D eigenvalue weighted by molar-refractivity contribution is 0.274. The number of rotatable bonds is 5. The molecule has 2 rings (SSSR count). The van der Waals surface area contributed by atoms with Crippen molar-refractivity contribution in [2.24, 2.45) is 11.1 Å². The summed E-state index contributed by atoms with van der Waals surface area (Å²) < 4.78 is 5.44. The molecule has 0 radical (unpaired) electrons. The summed E-state index contributed by atoms with van der Waals surface area (Å²) in [4.78, 5) is 3.68. The molecule has 3 nitrogen and oxygen atoms in total. The fourth-order valence-corrected chi connectivity index (χ4v) is 3.21. The van der Waals surface area contributed by atoms with Crippen LogP contribution in [-0.2, 0) is 6.54 Å². The third-order valence-electron chi connectivity index (χ3n) is 3.98. The topological polar surface area (TPSA) is 38.5 Å². The lowest BCUT2D eigenvalue weighted by Gasteiger charge is -2.22. The monoisotopic (exact) mass is 316 g/mol. The van der Waals surface area contributed by atoms with Crippen LogP contribution in [0.2, 0.25) is 0 Å². The summed E-state index contributed by atoms with van der Waals surface area (Å²) in [6.45, 7) is 6.28. The first-order chi connectivity index (χ1) is 9.10. The van der Waals surface area contributed by atoms with Crippen molar-refractivity contribution in [3.8, 4) is 5.75 Å². The number of thioether (sulfide) groups is 1. The van der Waals surface area contributed by atoms with Crippen LogP contribution in [0.1, 0.15) is 18.9 Å². The lowest BCUT2D eigenvalue weighted by atomic mass is 9.90. The summed E-state index contributed by atoms with van der Waals surface area (Å²) in [5.74, 6) is 0.978. The van der Waals surface area contributed by atoms with Crippen LogP contribution in [0, 0.1) is 5.41 Å². The highest BCUT2D eigenvalue weighted by atomic mass is 35.5. The van der Waals surface area contributed by atoms with E-state index in [2.05, 4.69) is 36.3 Å². The predicted molar refractivity (Wildman–Crippen MR) is 89.1 cm³/mol. The Bertz CT molecular complexity index is 444. The molecule has 1 heterocycles. The van der Waals surface area contributed by atoms with Crippen molar-refractivity contribution in [2.75, 3.05) is 33.0 Å². The smallest absolute Gasteiger partial charge is 0.132 e. The molecule has 0 bridgehead atoms. The normalized spacial score (nSPS) is 22.6. The molecule has 0 aromatic heterocycles. The Kier molecular flexibility index (Phi) is 6.65. The molecule has 1 aromatic rings. The third kappa shape index (κ3) is 4.04. The molecule has 1 atom stereocenters. The van der Waals surface area contributed by atoms with Crippen molar-refractivity contribution < 1.29 is 4.74 Å². The van der Waals surface area contributed by atoms with Gasteiger partial charge in [-0.05, 0) is 48.9 Å². The minimum atomic E-state index is 0. The highest BCUT2D eigenvalue weighted by Gasteiger charge is 2.32. The van der Waals surface area contributed by atoms with Crippen molar-refractivity contribution >= 4 is 24.2 Å². The summed E-state index contributed by atoms with van der Waals surface area (Å²) >= 11 is 1.72. The van der Waals surface area contributed by atoms with Gasteiger partial charge in [0.25, 0.3) is 0 Å². The molecule has 0 amide bonds. The van der Waals surface area contributed by atoms with Gasteiger partial charge < -0.3 is 10.5 Å². The maximum absolute atomic E-state index is 5.86. The number of benzene rings is 1. The fraction of sp³-hybridized carbons (Fsp3) is 0.600. The molecule has 1 aliphatic rings. The quantitative estimate of drug-likeness (QED) is 0.848. The minimum Gasteiger partial charge on any atom is -0.496 e. The van der Waals surface area contributed by atoms with E-state index in [1.54, 1.807) is 18.9 Å². The van der Waals surface area contributed by atoms with E-state index in [4.69, 9.17) is 10.5 Å². The Hall–Kier alpha value is -0.420. The van der Waals surface area contributed by atoms with Gasteiger partial charge in [0.2, 0.25) is 0 Å². The van der Waals surface area contributed by atoms with E-state index in [1.165, 1.54) is 16.9 Å². The third-order valence-corrected chi connectivity index (χ3v) is 4.76. The van der Waals surface area contributed by atoms with Crippen LogP contribution in [0.25, 0.3) is 0 Å². The van der Waals surface area contributed by atoms with Gasteiger partial charge in [0.1, 0.15) is 5.75 Å². The molecule has 1 aliphatic heterocycles. The Morgan fingerprint density at radius 1 is 1.45 bits per heavy atom. The Labute approximate surface area is 132 Å². The summed E-state index contributed by atoms with van der Waals surface area (Å²) in [5.41, 5.74) is 7.47. The van der Waals surface area contributed by atoms with Gasteiger partial charge in [0.05, 0.1) is 7.11 Å². The predicted octanol–water partition coefficient (Wildman–Crippen LogP) is 3.01. The van der Waals surface area contributed by atoms with Crippen molar-refractivity contribution in [1.82, 2.24) is 4.90 Å². The highest BCUT2D eigenvalue weighted by molar-refractivity contribution is 7.98. The van der Waals surface area contributed by atoms with Gasteiger partial charge in [-0.2, -0.15) is 0 Å². The van der Waals surface area contributed by atoms with E-state index in [9.17, 15) is 0 Å². The first-order valence-electron chi connectivity index (χ1n) is 6.73. The molecule has 2 N–H and O–H groups in total. The molecule has 114 valence electrons. The van der Waals surface area contributed by atoms with Crippen LogP contribution < -0.4 is 10.5 Å². The maximum atomic E-state index is 5.86. The van der Waals surface area contributed by atoms with Crippen LogP contribution in [-0.4, -0.2) is 37.9 Å². The van der Waals surface area contributed by atoms with Crippen molar-refractivity contribution in [3.05, 3.63) is 23.8 Å². The lowest BCUT2D eigenvalue weighted by Crippen LogP contribution is -2.31. The molecule has 20 heavy (non-hydrogen) atoms. The molecule has 1 saturated heterocycles. The van der Waals surface area contributed by atoms with E-state index in [0.717, 1.165) is 31.9 Å². The van der Waals surface area contributed by atoms with E-state index < -0.39 is 0 Å². The average Bonchev–Trinajstić information content (AvgIpc) is 2.81. The van der Waals surface area contributed by atoms with Gasteiger partial charge in [0, 0.05) is 18.0 Å². The number of hydrogen-bond donors (Lipinski definition) is 1. The zero-order valence-corrected chi connectivity index (χ0v) is 14.1. The largest absolute Gasteiger partial charge is 0.496 e. The highest BCUT2D eigenvalue weighted by Crippen LogP contribution is 2.32. The van der Waals surface area contributed by atoms with Crippen LogP contribution >= 0.6 is 24.2 Å². The number of methoxy groups -OCH3 is 1. The summed E-state index contributed by atoms with van der Waals surface area (Å²) in [7, 11) is 1.74. The van der Waals surface area contributed by atoms with Gasteiger partial charge in [-0.3, -0.25) is 4.90 Å². The number of nitrogens with zero attached hydrogens (tertiary/aromatic N) is 1. The molecule has 1 aromatic carbocycles. The Morgan fingerprint density at radius 2 is 2.20 bits per heavy atom. The van der Waals surface area contributed by atoms with E-state index >= 15 is 0 Å². The van der Waals surface area contributed by atoms with Crippen LogP contribution in [0.5, 0.6) is 5.75 Å². The SMILES string of the molecule is COc1cc(CN2CCC(C)(CN)C2)ccc1SC.Cl. The molecular formula is C15H25ClN2OS. The molecule has 0 saturated carbocycles. The van der Waals surface area contributed by atoms with Gasteiger partial charge in [0.15, 0.2) is 0 Å². The minimum absolute atomic E-state index is 0. The molecule has 0 spiro atoms. The van der Waals surface area contributed by atoms with Crippen LogP contribution in [0.4, 0.5) is 0 Å². The van der Waals surface area contributed by atoms with E-state index in [1.807, 2.05) is 0 Å².